The lowest BCUT2D eigenvalue weighted by Gasteiger charge is -2.07. The molecule has 0 saturated heterocycles. The lowest BCUT2D eigenvalue weighted by atomic mass is 9.96. The summed E-state index contributed by atoms with van der Waals surface area (Å²) >= 11 is 0. The van der Waals surface area contributed by atoms with Crippen LogP contribution in [0.4, 0.5) is 0 Å². The molecule has 0 rings (SSSR count). The fourth-order valence-corrected chi connectivity index (χ4v) is 2.23. The van der Waals surface area contributed by atoms with Crippen LogP contribution in [0, 0.1) is 28.6 Å². The van der Waals surface area contributed by atoms with Gasteiger partial charge in [0.05, 0.1) is 12.1 Å². The Labute approximate surface area is 113 Å². The number of nitriles is 2. The molecule has 0 aliphatic carbocycles. The van der Waals surface area contributed by atoms with Gasteiger partial charge in [-0.2, -0.15) is 10.5 Å². The summed E-state index contributed by atoms with van der Waals surface area (Å²) in [6.07, 6.45) is 14.0. The number of hydrogen-bond acceptors (Lipinski definition) is 2. The number of unbranched alkanes of at least 4 members (excludes halogenated alkanes) is 8. The second-order valence-corrected chi connectivity index (χ2v) is 5.14. The zero-order chi connectivity index (χ0) is 13.5. The smallest absolute Gasteiger partial charge is 0.0655 e. The van der Waals surface area contributed by atoms with Crippen LogP contribution in [0.1, 0.15) is 84.0 Å². The van der Waals surface area contributed by atoms with E-state index in [4.69, 9.17) is 10.5 Å². The molecule has 18 heavy (non-hydrogen) atoms. The van der Waals surface area contributed by atoms with Crippen LogP contribution in [0.15, 0.2) is 0 Å². The molecular formula is C16H28N2. The third-order valence-corrected chi connectivity index (χ3v) is 3.43. The van der Waals surface area contributed by atoms with Crippen LogP contribution in [0.5, 0.6) is 0 Å². The van der Waals surface area contributed by atoms with Gasteiger partial charge < -0.3 is 0 Å². The monoisotopic (exact) mass is 248 g/mol. The van der Waals surface area contributed by atoms with Gasteiger partial charge in [0.2, 0.25) is 0 Å². The van der Waals surface area contributed by atoms with Crippen molar-refractivity contribution < 1.29 is 0 Å². The largest absolute Gasteiger partial charge is 0.198 e. The standard InChI is InChI=1S/C16H28N2/c1-2-3-4-5-6-7-8-9-12-16(15-18)13-10-11-14-17/h16H,2-13H2,1H3. The molecule has 1 unspecified atom stereocenters. The highest BCUT2D eigenvalue weighted by Gasteiger charge is 2.06. The van der Waals surface area contributed by atoms with E-state index in [-0.39, 0.29) is 5.92 Å². The molecule has 0 saturated carbocycles. The van der Waals surface area contributed by atoms with E-state index in [9.17, 15) is 0 Å². The van der Waals surface area contributed by atoms with E-state index in [1.54, 1.807) is 0 Å². The summed E-state index contributed by atoms with van der Waals surface area (Å²) < 4.78 is 0. The molecule has 2 nitrogen and oxygen atoms in total. The molecule has 1 atom stereocenters. The topological polar surface area (TPSA) is 47.6 Å². The van der Waals surface area contributed by atoms with Crippen molar-refractivity contribution in [2.45, 2.75) is 84.0 Å². The van der Waals surface area contributed by atoms with Crippen molar-refractivity contribution in [2.24, 2.45) is 5.92 Å². The molecule has 2 heteroatoms. The molecule has 0 amide bonds. The molecular weight excluding hydrogens is 220 g/mol. The maximum absolute atomic E-state index is 8.99. The van der Waals surface area contributed by atoms with Crippen LogP contribution in [0.25, 0.3) is 0 Å². The predicted octanol–water partition coefficient (Wildman–Crippen LogP) is 5.35. The minimum Gasteiger partial charge on any atom is -0.198 e. The van der Waals surface area contributed by atoms with Gasteiger partial charge in [-0.3, -0.25) is 0 Å². The lowest BCUT2D eigenvalue weighted by molar-refractivity contribution is 0.488. The summed E-state index contributed by atoms with van der Waals surface area (Å²) in [4.78, 5) is 0. The number of rotatable bonds is 12. The molecule has 0 aromatic heterocycles. The van der Waals surface area contributed by atoms with Crippen molar-refractivity contribution in [3.63, 3.8) is 0 Å². The van der Waals surface area contributed by atoms with Crippen LogP contribution in [-0.4, -0.2) is 0 Å². The third-order valence-electron chi connectivity index (χ3n) is 3.43. The molecule has 0 aliphatic rings. The van der Waals surface area contributed by atoms with Crippen molar-refractivity contribution in [1.29, 1.82) is 10.5 Å². The molecule has 0 heterocycles. The van der Waals surface area contributed by atoms with E-state index in [0.29, 0.717) is 6.42 Å². The quantitative estimate of drug-likeness (QED) is 0.437. The zero-order valence-electron chi connectivity index (χ0n) is 12.0. The van der Waals surface area contributed by atoms with Gasteiger partial charge in [-0.1, -0.05) is 58.3 Å². The summed E-state index contributed by atoms with van der Waals surface area (Å²) in [5.74, 6) is 0.179. The van der Waals surface area contributed by atoms with Crippen molar-refractivity contribution in [3.05, 3.63) is 0 Å². The first-order chi connectivity index (χ1) is 8.85. The van der Waals surface area contributed by atoms with Crippen LogP contribution in [0.2, 0.25) is 0 Å². The maximum Gasteiger partial charge on any atom is 0.0655 e. The van der Waals surface area contributed by atoms with E-state index in [1.165, 1.54) is 51.4 Å². The Balaban J connectivity index is 3.30. The Morgan fingerprint density at radius 3 is 1.89 bits per heavy atom. The van der Waals surface area contributed by atoms with Gasteiger partial charge in [0.15, 0.2) is 0 Å². The summed E-state index contributed by atoms with van der Waals surface area (Å²) in [6, 6.07) is 4.51. The molecule has 102 valence electrons. The number of nitrogens with zero attached hydrogens (tertiary/aromatic N) is 2. The second-order valence-electron chi connectivity index (χ2n) is 5.14. The third kappa shape index (κ3) is 11.5. The molecule has 0 N–H and O–H groups in total. The minimum atomic E-state index is 0.179. The van der Waals surface area contributed by atoms with Gasteiger partial charge in [0.25, 0.3) is 0 Å². The van der Waals surface area contributed by atoms with Crippen molar-refractivity contribution in [1.82, 2.24) is 0 Å². The molecule has 0 aromatic rings. The average Bonchev–Trinajstić information content (AvgIpc) is 2.40. The van der Waals surface area contributed by atoms with Gasteiger partial charge in [-0.15, -0.1) is 0 Å². The molecule has 0 spiro atoms. The number of hydrogen-bond donors (Lipinski definition) is 0. The first-order valence-electron chi connectivity index (χ1n) is 7.61. The van der Waals surface area contributed by atoms with Gasteiger partial charge in [0, 0.05) is 12.3 Å². The van der Waals surface area contributed by atoms with Crippen LogP contribution in [-0.2, 0) is 0 Å². The second kappa shape index (κ2) is 14.0. The highest BCUT2D eigenvalue weighted by Crippen LogP contribution is 2.17. The van der Waals surface area contributed by atoms with Gasteiger partial charge >= 0.3 is 0 Å². The summed E-state index contributed by atoms with van der Waals surface area (Å²) in [5, 5.41) is 17.4. The SMILES string of the molecule is CCCCCCCCCCC(C#N)CCCC#N. The fourth-order valence-electron chi connectivity index (χ4n) is 2.23. The summed E-state index contributed by atoms with van der Waals surface area (Å²) in [7, 11) is 0. The van der Waals surface area contributed by atoms with E-state index in [2.05, 4.69) is 19.1 Å². The van der Waals surface area contributed by atoms with Gasteiger partial charge in [-0.25, -0.2) is 0 Å². The van der Waals surface area contributed by atoms with E-state index in [0.717, 1.165) is 19.3 Å². The van der Waals surface area contributed by atoms with Gasteiger partial charge in [-0.05, 0) is 19.3 Å². The van der Waals surface area contributed by atoms with Crippen LogP contribution >= 0.6 is 0 Å². The fraction of sp³-hybridized carbons (Fsp3) is 0.875. The Bertz CT molecular complexity index is 247. The van der Waals surface area contributed by atoms with Crippen molar-refractivity contribution >= 4 is 0 Å². The van der Waals surface area contributed by atoms with Crippen molar-refractivity contribution in [2.75, 3.05) is 0 Å². The molecule has 0 fully saturated rings. The molecule has 0 aromatic carbocycles. The lowest BCUT2D eigenvalue weighted by Crippen LogP contribution is -1.97. The first kappa shape index (κ1) is 17.0. The van der Waals surface area contributed by atoms with Crippen molar-refractivity contribution in [3.8, 4) is 12.1 Å². The van der Waals surface area contributed by atoms with Gasteiger partial charge in [0.1, 0.15) is 0 Å². The predicted molar refractivity (Wildman–Crippen MR) is 75.8 cm³/mol. The zero-order valence-corrected chi connectivity index (χ0v) is 12.0. The van der Waals surface area contributed by atoms with E-state index in [1.807, 2.05) is 0 Å². The molecule has 0 radical (unpaired) electrons. The summed E-state index contributed by atoms with van der Waals surface area (Å²) in [6.45, 7) is 2.24. The van der Waals surface area contributed by atoms with Crippen LogP contribution < -0.4 is 0 Å². The average molecular weight is 248 g/mol. The Morgan fingerprint density at radius 1 is 0.778 bits per heavy atom. The normalized spacial score (nSPS) is 11.7. The highest BCUT2D eigenvalue weighted by atomic mass is 14.3. The minimum absolute atomic E-state index is 0.179. The molecule has 0 bridgehead atoms. The van der Waals surface area contributed by atoms with E-state index < -0.39 is 0 Å². The van der Waals surface area contributed by atoms with E-state index >= 15 is 0 Å². The Hall–Kier alpha value is -1.02. The summed E-state index contributed by atoms with van der Waals surface area (Å²) in [5.41, 5.74) is 0. The Kier molecular flexibility index (Phi) is 13.2. The maximum atomic E-state index is 8.99. The highest BCUT2D eigenvalue weighted by molar-refractivity contribution is 4.83. The first-order valence-corrected chi connectivity index (χ1v) is 7.61. The Morgan fingerprint density at radius 2 is 1.33 bits per heavy atom. The molecule has 0 aliphatic heterocycles. The van der Waals surface area contributed by atoms with Crippen LogP contribution in [0.3, 0.4) is 0 Å².